The van der Waals surface area contributed by atoms with Crippen molar-refractivity contribution >= 4 is 30.1 Å². The Labute approximate surface area is 83.9 Å². The minimum absolute atomic E-state index is 0. The second-order valence-electron chi connectivity index (χ2n) is 2.26. The fourth-order valence-electron chi connectivity index (χ4n) is 0.822. The molecule has 0 unspecified atom stereocenters. The number of pyridine rings is 1. The first-order chi connectivity index (χ1) is 5.33. The molecule has 0 aliphatic carbocycles. The van der Waals surface area contributed by atoms with E-state index in [0.29, 0.717) is 5.88 Å². The molecule has 0 aliphatic heterocycles. The van der Waals surface area contributed by atoms with Gasteiger partial charge < -0.3 is 0 Å². The summed E-state index contributed by atoms with van der Waals surface area (Å²) in [4.78, 5) is 4.27. The minimum atomic E-state index is 0. The van der Waals surface area contributed by atoms with E-state index in [1.807, 2.05) is 37.3 Å². The average molecular weight is 204 g/mol. The quantitative estimate of drug-likeness (QED) is 0.674. The molecule has 0 aromatic carbocycles. The summed E-state index contributed by atoms with van der Waals surface area (Å²) in [5.74, 6) is 0.537. The van der Waals surface area contributed by atoms with E-state index in [1.165, 1.54) is 0 Å². The Bertz CT molecular complexity index is 258. The van der Waals surface area contributed by atoms with E-state index in [4.69, 9.17) is 11.6 Å². The number of hydrogen-bond acceptors (Lipinski definition) is 1. The van der Waals surface area contributed by atoms with Gasteiger partial charge in [0, 0.05) is 11.6 Å². The molecular formula is C9H11Cl2N. The smallest absolute Gasteiger partial charge is 0.0630 e. The van der Waals surface area contributed by atoms with E-state index < -0.39 is 0 Å². The maximum atomic E-state index is 5.48. The van der Waals surface area contributed by atoms with Gasteiger partial charge in [-0.15, -0.1) is 24.0 Å². The molecule has 0 saturated heterocycles. The predicted molar refractivity (Wildman–Crippen MR) is 56.0 cm³/mol. The van der Waals surface area contributed by atoms with Gasteiger partial charge in [-0.1, -0.05) is 12.1 Å². The second kappa shape index (κ2) is 6.04. The lowest BCUT2D eigenvalue weighted by Gasteiger charge is -1.92. The van der Waals surface area contributed by atoms with Crippen LogP contribution in [0.5, 0.6) is 0 Å². The standard InChI is InChI=1S/C9H10ClN.ClH/c1-8-4-2-5-9(11-8)6-3-7-10;/h2-6H,7H2,1H3;1H. The van der Waals surface area contributed by atoms with Crippen molar-refractivity contribution in [3.05, 3.63) is 35.7 Å². The van der Waals surface area contributed by atoms with Crippen LogP contribution in [0.3, 0.4) is 0 Å². The molecule has 0 bridgehead atoms. The van der Waals surface area contributed by atoms with E-state index in [1.54, 1.807) is 0 Å². The highest BCUT2D eigenvalue weighted by Gasteiger charge is 1.86. The Morgan fingerprint density at radius 2 is 2.25 bits per heavy atom. The first-order valence-corrected chi connectivity index (χ1v) is 4.02. The fraction of sp³-hybridized carbons (Fsp3) is 0.222. The summed E-state index contributed by atoms with van der Waals surface area (Å²) in [5.41, 5.74) is 1.99. The van der Waals surface area contributed by atoms with Crippen LogP contribution in [-0.2, 0) is 0 Å². The molecule has 1 heterocycles. The maximum absolute atomic E-state index is 5.48. The van der Waals surface area contributed by atoms with Gasteiger partial charge in [-0.3, -0.25) is 4.98 Å². The second-order valence-corrected chi connectivity index (χ2v) is 2.57. The Balaban J connectivity index is 0.00000121. The van der Waals surface area contributed by atoms with Crippen LogP contribution in [0.15, 0.2) is 24.3 Å². The Morgan fingerprint density at radius 1 is 1.50 bits per heavy atom. The molecule has 3 heteroatoms. The topological polar surface area (TPSA) is 12.9 Å². The highest BCUT2D eigenvalue weighted by atomic mass is 35.5. The van der Waals surface area contributed by atoms with Gasteiger partial charge in [0.2, 0.25) is 0 Å². The van der Waals surface area contributed by atoms with Gasteiger partial charge in [-0.05, 0) is 25.1 Å². The lowest BCUT2D eigenvalue weighted by atomic mass is 10.3. The van der Waals surface area contributed by atoms with Crippen LogP contribution >= 0.6 is 24.0 Å². The summed E-state index contributed by atoms with van der Waals surface area (Å²) in [6.07, 6.45) is 3.79. The summed E-state index contributed by atoms with van der Waals surface area (Å²) in [7, 11) is 0. The molecule has 0 saturated carbocycles. The molecule has 1 rings (SSSR count). The number of nitrogens with zero attached hydrogens (tertiary/aromatic N) is 1. The van der Waals surface area contributed by atoms with Crippen molar-refractivity contribution in [2.24, 2.45) is 0 Å². The predicted octanol–water partition coefficient (Wildman–Crippen LogP) is 3.06. The molecule has 0 aliphatic rings. The number of hydrogen-bond donors (Lipinski definition) is 0. The number of halogens is 2. The van der Waals surface area contributed by atoms with Gasteiger partial charge in [0.1, 0.15) is 0 Å². The third kappa shape index (κ3) is 3.74. The average Bonchev–Trinajstić information content (AvgIpc) is 2.01. The summed E-state index contributed by atoms with van der Waals surface area (Å²) in [5, 5.41) is 0. The molecule has 0 amide bonds. The van der Waals surface area contributed by atoms with Crippen molar-refractivity contribution in [1.82, 2.24) is 4.98 Å². The van der Waals surface area contributed by atoms with Crippen molar-refractivity contribution in [2.75, 3.05) is 5.88 Å². The Hall–Kier alpha value is -0.530. The van der Waals surface area contributed by atoms with Crippen LogP contribution in [0.4, 0.5) is 0 Å². The molecule has 0 radical (unpaired) electrons. The van der Waals surface area contributed by atoms with E-state index >= 15 is 0 Å². The zero-order valence-electron chi connectivity index (χ0n) is 6.83. The first kappa shape index (κ1) is 11.5. The number of aryl methyl sites for hydroxylation is 1. The molecular weight excluding hydrogens is 193 g/mol. The van der Waals surface area contributed by atoms with Crippen LogP contribution < -0.4 is 0 Å². The van der Waals surface area contributed by atoms with Crippen LogP contribution in [0.25, 0.3) is 6.08 Å². The lowest BCUT2D eigenvalue weighted by Crippen LogP contribution is -1.82. The van der Waals surface area contributed by atoms with Gasteiger partial charge in [0.25, 0.3) is 0 Å². The SMILES string of the molecule is Cc1cccc(C=CCCl)n1.Cl. The van der Waals surface area contributed by atoms with Crippen molar-refractivity contribution in [2.45, 2.75) is 6.92 Å². The summed E-state index contributed by atoms with van der Waals surface area (Å²) in [6.45, 7) is 1.97. The molecule has 0 fully saturated rings. The van der Waals surface area contributed by atoms with Crippen LogP contribution in [0.1, 0.15) is 11.4 Å². The maximum Gasteiger partial charge on any atom is 0.0630 e. The number of aromatic nitrogens is 1. The van der Waals surface area contributed by atoms with Gasteiger partial charge in [0.05, 0.1) is 5.69 Å². The van der Waals surface area contributed by atoms with E-state index in [2.05, 4.69) is 4.98 Å². The number of alkyl halides is 1. The van der Waals surface area contributed by atoms with E-state index in [9.17, 15) is 0 Å². The van der Waals surface area contributed by atoms with Gasteiger partial charge >= 0.3 is 0 Å². The minimum Gasteiger partial charge on any atom is -0.254 e. The third-order valence-electron chi connectivity index (χ3n) is 1.29. The third-order valence-corrected chi connectivity index (χ3v) is 1.47. The number of rotatable bonds is 2. The summed E-state index contributed by atoms with van der Waals surface area (Å²) < 4.78 is 0. The monoisotopic (exact) mass is 203 g/mol. The van der Waals surface area contributed by atoms with Crippen molar-refractivity contribution < 1.29 is 0 Å². The molecule has 0 N–H and O–H groups in total. The van der Waals surface area contributed by atoms with Crippen LogP contribution in [0.2, 0.25) is 0 Å². The molecule has 0 atom stereocenters. The van der Waals surface area contributed by atoms with Crippen LogP contribution in [-0.4, -0.2) is 10.9 Å². The fourth-order valence-corrected chi connectivity index (χ4v) is 0.911. The summed E-state index contributed by atoms with van der Waals surface area (Å²) in [6, 6.07) is 5.91. The Kier molecular flexibility index (Phi) is 5.77. The van der Waals surface area contributed by atoms with Crippen molar-refractivity contribution in [1.29, 1.82) is 0 Å². The summed E-state index contributed by atoms with van der Waals surface area (Å²) >= 11 is 5.48. The van der Waals surface area contributed by atoms with E-state index in [0.717, 1.165) is 11.4 Å². The first-order valence-electron chi connectivity index (χ1n) is 3.49. The highest BCUT2D eigenvalue weighted by molar-refractivity contribution is 6.19. The molecule has 66 valence electrons. The lowest BCUT2D eigenvalue weighted by molar-refractivity contribution is 1.18. The van der Waals surface area contributed by atoms with Gasteiger partial charge in [-0.2, -0.15) is 0 Å². The Morgan fingerprint density at radius 3 is 2.83 bits per heavy atom. The van der Waals surface area contributed by atoms with Gasteiger partial charge in [0.15, 0.2) is 0 Å². The highest BCUT2D eigenvalue weighted by Crippen LogP contribution is 2.00. The largest absolute Gasteiger partial charge is 0.254 e. The molecule has 12 heavy (non-hydrogen) atoms. The van der Waals surface area contributed by atoms with Crippen LogP contribution in [0, 0.1) is 6.92 Å². The zero-order valence-corrected chi connectivity index (χ0v) is 8.40. The molecule has 1 aromatic heterocycles. The van der Waals surface area contributed by atoms with E-state index in [-0.39, 0.29) is 12.4 Å². The molecule has 1 aromatic rings. The number of allylic oxidation sites excluding steroid dienone is 1. The van der Waals surface area contributed by atoms with Crippen molar-refractivity contribution in [3.8, 4) is 0 Å². The molecule has 1 nitrogen and oxygen atoms in total. The normalized spacial score (nSPS) is 9.83. The van der Waals surface area contributed by atoms with Crippen molar-refractivity contribution in [3.63, 3.8) is 0 Å². The zero-order chi connectivity index (χ0) is 8.10. The van der Waals surface area contributed by atoms with Gasteiger partial charge in [-0.25, -0.2) is 0 Å². The molecule has 0 spiro atoms.